The van der Waals surface area contributed by atoms with Gasteiger partial charge in [-0.25, -0.2) is 0 Å². The molecule has 1 N–H and O–H groups in total. The average Bonchev–Trinajstić information content (AvgIpc) is 3.03. The molecule has 5 nitrogen and oxygen atoms in total. The number of rotatable bonds is 3. The van der Waals surface area contributed by atoms with E-state index in [4.69, 9.17) is 5.41 Å². The van der Waals surface area contributed by atoms with E-state index in [9.17, 15) is 4.79 Å². The van der Waals surface area contributed by atoms with Crippen molar-refractivity contribution in [3.63, 3.8) is 0 Å². The van der Waals surface area contributed by atoms with Gasteiger partial charge in [0, 0.05) is 6.42 Å². The van der Waals surface area contributed by atoms with Crippen molar-refractivity contribution in [2.75, 3.05) is 0 Å². The first-order valence-electron chi connectivity index (χ1n) is 8.20. The Labute approximate surface area is 155 Å². The minimum absolute atomic E-state index is 0.0659. The summed E-state index contributed by atoms with van der Waals surface area (Å²) in [4.78, 5) is 16.5. The molecule has 2 heterocycles. The number of carbonyl (C=O) groups is 1. The molecule has 0 radical (unpaired) electrons. The van der Waals surface area contributed by atoms with Crippen LogP contribution in [0.4, 0.5) is 0 Å². The standard InChI is InChI=1S/C20H16N4OS/c1-13-7-9-15(10-8-13)11-16-18(21)24-20(22-19(16)25)26-17(23-24)12-14-5-3-2-4-6-14/h2-11,21H,12H2,1H3. The van der Waals surface area contributed by atoms with Crippen molar-refractivity contribution in [2.24, 2.45) is 10.1 Å². The molecule has 0 unspecified atom stereocenters. The number of thioether (sulfide) groups is 1. The number of fused-ring (bicyclic) bond motifs is 1. The smallest absolute Gasteiger partial charge is 0.282 e. The van der Waals surface area contributed by atoms with Crippen molar-refractivity contribution in [1.82, 2.24) is 5.01 Å². The molecule has 128 valence electrons. The maximum Gasteiger partial charge on any atom is 0.283 e. The zero-order valence-electron chi connectivity index (χ0n) is 14.1. The molecule has 26 heavy (non-hydrogen) atoms. The highest BCUT2D eigenvalue weighted by Crippen LogP contribution is 2.29. The molecular weight excluding hydrogens is 344 g/mol. The Morgan fingerprint density at radius 3 is 2.58 bits per heavy atom. The highest BCUT2D eigenvalue weighted by Gasteiger charge is 2.35. The van der Waals surface area contributed by atoms with Gasteiger partial charge in [0.1, 0.15) is 5.04 Å². The molecule has 0 fully saturated rings. The predicted molar refractivity (Wildman–Crippen MR) is 106 cm³/mol. The van der Waals surface area contributed by atoms with E-state index in [1.54, 1.807) is 6.08 Å². The molecule has 0 bridgehead atoms. The van der Waals surface area contributed by atoms with Crippen LogP contribution in [0, 0.1) is 12.3 Å². The van der Waals surface area contributed by atoms with E-state index in [1.807, 2.05) is 61.5 Å². The van der Waals surface area contributed by atoms with Gasteiger partial charge in [0.05, 0.1) is 5.57 Å². The van der Waals surface area contributed by atoms with Crippen molar-refractivity contribution < 1.29 is 4.79 Å². The molecule has 6 heteroatoms. The van der Waals surface area contributed by atoms with Gasteiger partial charge in [0.25, 0.3) is 5.91 Å². The highest BCUT2D eigenvalue weighted by molar-refractivity contribution is 8.26. The maximum atomic E-state index is 12.4. The summed E-state index contributed by atoms with van der Waals surface area (Å²) in [6, 6.07) is 17.8. The third-order valence-electron chi connectivity index (χ3n) is 4.08. The lowest BCUT2D eigenvalue weighted by atomic mass is 10.1. The number of amides is 1. The molecular formula is C20H16N4OS. The minimum Gasteiger partial charge on any atom is -0.282 e. The van der Waals surface area contributed by atoms with Crippen LogP contribution < -0.4 is 0 Å². The Balaban J connectivity index is 1.61. The summed E-state index contributed by atoms with van der Waals surface area (Å²) in [5.41, 5.74) is 3.39. The Morgan fingerprint density at radius 2 is 1.85 bits per heavy atom. The fourth-order valence-electron chi connectivity index (χ4n) is 2.70. The van der Waals surface area contributed by atoms with Crippen LogP contribution in [0.25, 0.3) is 6.08 Å². The number of hydrazone groups is 1. The summed E-state index contributed by atoms with van der Waals surface area (Å²) >= 11 is 1.34. The highest BCUT2D eigenvalue weighted by atomic mass is 32.2. The summed E-state index contributed by atoms with van der Waals surface area (Å²) in [6.45, 7) is 2.01. The summed E-state index contributed by atoms with van der Waals surface area (Å²) in [6.07, 6.45) is 2.35. The number of nitrogens with zero attached hydrogens (tertiary/aromatic N) is 3. The van der Waals surface area contributed by atoms with Crippen LogP contribution in [0.5, 0.6) is 0 Å². The van der Waals surface area contributed by atoms with Gasteiger partial charge < -0.3 is 0 Å². The van der Waals surface area contributed by atoms with Gasteiger partial charge in [-0.15, -0.1) is 0 Å². The first kappa shape index (κ1) is 16.5. The maximum absolute atomic E-state index is 12.4. The van der Waals surface area contributed by atoms with E-state index in [1.165, 1.54) is 16.8 Å². The van der Waals surface area contributed by atoms with E-state index in [0.29, 0.717) is 11.6 Å². The molecule has 0 atom stereocenters. The lowest BCUT2D eigenvalue weighted by molar-refractivity contribution is -0.114. The molecule has 0 aromatic heterocycles. The monoisotopic (exact) mass is 360 g/mol. The molecule has 0 saturated heterocycles. The molecule has 1 amide bonds. The molecule has 2 aromatic carbocycles. The molecule has 2 aliphatic rings. The first-order valence-corrected chi connectivity index (χ1v) is 9.01. The summed E-state index contributed by atoms with van der Waals surface area (Å²) in [5.74, 6) is -0.332. The van der Waals surface area contributed by atoms with Gasteiger partial charge in [0.15, 0.2) is 5.84 Å². The van der Waals surface area contributed by atoms with Gasteiger partial charge in [0.2, 0.25) is 5.17 Å². The number of amidine groups is 2. The van der Waals surface area contributed by atoms with E-state index in [0.717, 1.165) is 21.7 Å². The van der Waals surface area contributed by atoms with Crippen LogP contribution in [0.1, 0.15) is 16.7 Å². The molecule has 2 aliphatic heterocycles. The summed E-state index contributed by atoms with van der Waals surface area (Å²) in [5, 5.41) is 15.6. The van der Waals surface area contributed by atoms with E-state index < -0.39 is 5.91 Å². The normalized spacial score (nSPS) is 18.0. The Hall–Kier alpha value is -2.99. The van der Waals surface area contributed by atoms with Gasteiger partial charge in [-0.3, -0.25) is 10.2 Å². The lowest BCUT2D eigenvalue weighted by Gasteiger charge is -2.20. The fraction of sp³-hybridized carbons (Fsp3) is 0.100. The number of aryl methyl sites for hydroxylation is 1. The van der Waals surface area contributed by atoms with E-state index in [2.05, 4.69) is 10.1 Å². The molecule has 0 aliphatic carbocycles. The third-order valence-corrected chi connectivity index (χ3v) is 4.99. The Bertz CT molecular complexity index is 975. The second kappa shape index (κ2) is 6.72. The van der Waals surface area contributed by atoms with Gasteiger partial charge in [-0.2, -0.15) is 15.1 Å². The largest absolute Gasteiger partial charge is 0.283 e. The Kier molecular flexibility index (Phi) is 4.26. The van der Waals surface area contributed by atoms with Gasteiger partial charge >= 0.3 is 0 Å². The van der Waals surface area contributed by atoms with E-state index in [-0.39, 0.29) is 11.4 Å². The van der Waals surface area contributed by atoms with Crippen LogP contribution in [0.2, 0.25) is 0 Å². The van der Waals surface area contributed by atoms with Crippen molar-refractivity contribution in [2.45, 2.75) is 13.3 Å². The van der Waals surface area contributed by atoms with Crippen LogP contribution in [-0.2, 0) is 11.2 Å². The number of hydrogen-bond acceptors (Lipinski definition) is 4. The summed E-state index contributed by atoms with van der Waals surface area (Å²) < 4.78 is 0. The number of nitrogens with one attached hydrogen (secondary N) is 1. The van der Waals surface area contributed by atoms with Crippen LogP contribution >= 0.6 is 11.8 Å². The molecule has 2 aromatic rings. The van der Waals surface area contributed by atoms with Crippen LogP contribution in [-0.4, -0.2) is 27.0 Å². The van der Waals surface area contributed by atoms with Crippen molar-refractivity contribution in [1.29, 1.82) is 5.41 Å². The van der Waals surface area contributed by atoms with Crippen molar-refractivity contribution in [3.8, 4) is 0 Å². The third kappa shape index (κ3) is 3.23. The molecule has 0 spiro atoms. The minimum atomic E-state index is -0.398. The zero-order chi connectivity index (χ0) is 18.1. The molecule has 4 rings (SSSR count). The Morgan fingerprint density at radius 1 is 1.12 bits per heavy atom. The average molecular weight is 360 g/mol. The van der Waals surface area contributed by atoms with Crippen molar-refractivity contribution >= 4 is 39.8 Å². The number of hydrogen-bond donors (Lipinski definition) is 1. The fourth-order valence-corrected chi connectivity index (χ4v) is 3.62. The SMILES string of the molecule is Cc1ccc(C=C2C(=N)N3N=C(Cc4ccccc4)SC3=NC2=O)cc1. The number of carbonyl (C=O) groups excluding carboxylic acids is 1. The van der Waals surface area contributed by atoms with Crippen LogP contribution in [0.15, 0.2) is 70.3 Å². The topological polar surface area (TPSA) is 68.9 Å². The number of aliphatic imine (C=N–C) groups is 1. The zero-order valence-corrected chi connectivity index (χ0v) is 15.0. The second-order valence-electron chi connectivity index (χ2n) is 6.09. The quantitative estimate of drug-likeness (QED) is 0.845. The van der Waals surface area contributed by atoms with Crippen molar-refractivity contribution in [3.05, 3.63) is 76.9 Å². The second-order valence-corrected chi connectivity index (χ2v) is 7.13. The molecule has 0 saturated carbocycles. The van der Waals surface area contributed by atoms with Gasteiger partial charge in [-0.05, 0) is 35.9 Å². The predicted octanol–water partition coefficient (Wildman–Crippen LogP) is 3.86. The van der Waals surface area contributed by atoms with Gasteiger partial charge in [-0.1, -0.05) is 60.2 Å². The van der Waals surface area contributed by atoms with Crippen LogP contribution in [0.3, 0.4) is 0 Å². The first-order chi connectivity index (χ1) is 12.6. The van der Waals surface area contributed by atoms with E-state index >= 15 is 0 Å². The number of benzene rings is 2. The summed E-state index contributed by atoms with van der Waals surface area (Å²) in [7, 11) is 0. The lowest BCUT2D eigenvalue weighted by Crippen LogP contribution is -2.35.